The zero-order chi connectivity index (χ0) is 12.4. The number of carbonyl (C=O) groups is 1. The van der Waals surface area contributed by atoms with E-state index in [4.69, 9.17) is 0 Å². The smallest absolute Gasteiger partial charge is 0.252 e. The van der Waals surface area contributed by atoms with Gasteiger partial charge in [-0.2, -0.15) is 0 Å². The van der Waals surface area contributed by atoms with E-state index in [9.17, 15) is 9.90 Å². The van der Waals surface area contributed by atoms with Gasteiger partial charge in [-0.3, -0.25) is 4.79 Å². The molecular weight excluding hydrogens is 214 g/mol. The molecule has 0 aliphatic rings. The third-order valence-electron chi connectivity index (χ3n) is 2.51. The van der Waals surface area contributed by atoms with E-state index >= 15 is 0 Å². The lowest BCUT2D eigenvalue weighted by Crippen LogP contribution is -2.30. The van der Waals surface area contributed by atoms with Crippen molar-refractivity contribution in [2.24, 2.45) is 0 Å². The van der Waals surface area contributed by atoms with Crippen LogP contribution in [0.1, 0.15) is 24.2 Å². The first kappa shape index (κ1) is 11.5. The lowest BCUT2D eigenvalue weighted by Gasteiger charge is -2.11. The predicted molar refractivity (Wildman–Crippen MR) is 68.2 cm³/mol. The Hall–Kier alpha value is -2.03. The van der Waals surface area contributed by atoms with Gasteiger partial charge in [0.1, 0.15) is 5.75 Å². The second kappa shape index (κ2) is 4.45. The Morgan fingerprint density at radius 3 is 2.65 bits per heavy atom. The van der Waals surface area contributed by atoms with Gasteiger partial charge in [0, 0.05) is 6.04 Å². The number of aromatic hydroxyl groups is 1. The van der Waals surface area contributed by atoms with E-state index in [1.165, 1.54) is 6.07 Å². The Kier molecular flexibility index (Phi) is 3.00. The number of phenols is 1. The van der Waals surface area contributed by atoms with Gasteiger partial charge >= 0.3 is 0 Å². The van der Waals surface area contributed by atoms with Crippen LogP contribution in [-0.4, -0.2) is 17.1 Å². The molecule has 3 heteroatoms. The Bertz CT molecular complexity index is 561. The normalized spacial score (nSPS) is 10.8. The van der Waals surface area contributed by atoms with Crippen molar-refractivity contribution in [1.82, 2.24) is 5.32 Å². The summed E-state index contributed by atoms with van der Waals surface area (Å²) in [6.07, 6.45) is 0. The first-order chi connectivity index (χ1) is 8.08. The third-order valence-corrected chi connectivity index (χ3v) is 2.51. The number of hydrogen-bond acceptors (Lipinski definition) is 2. The first-order valence-electron chi connectivity index (χ1n) is 5.60. The molecular formula is C14H15NO2. The SMILES string of the molecule is CC(C)NC(=O)c1cc(O)cc2ccccc12. The minimum Gasteiger partial charge on any atom is -0.508 e. The number of phenolic OH excluding ortho intramolecular Hbond substituents is 1. The van der Waals surface area contributed by atoms with Crippen LogP contribution in [-0.2, 0) is 0 Å². The summed E-state index contributed by atoms with van der Waals surface area (Å²) in [6, 6.07) is 10.7. The molecule has 0 aromatic heterocycles. The molecule has 0 bridgehead atoms. The second-order valence-electron chi connectivity index (χ2n) is 4.34. The number of nitrogens with one attached hydrogen (secondary N) is 1. The van der Waals surface area contributed by atoms with Crippen molar-refractivity contribution in [3.8, 4) is 5.75 Å². The molecule has 0 heterocycles. The van der Waals surface area contributed by atoms with Crippen LogP contribution in [0, 0.1) is 0 Å². The molecule has 1 amide bonds. The Morgan fingerprint density at radius 1 is 1.24 bits per heavy atom. The molecule has 2 rings (SSSR count). The van der Waals surface area contributed by atoms with Crippen molar-refractivity contribution >= 4 is 16.7 Å². The van der Waals surface area contributed by atoms with Crippen LogP contribution in [0.5, 0.6) is 5.75 Å². The van der Waals surface area contributed by atoms with E-state index in [0.717, 1.165) is 10.8 Å². The Morgan fingerprint density at radius 2 is 1.94 bits per heavy atom. The molecule has 0 atom stereocenters. The zero-order valence-corrected chi connectivity index (χ0v) is 9.90. The average molecular weight is 229 g/mol. The molecule has 2 N–H and O–H groups in total. The van der Waals surface area contributed by atoms with E-state index in [1.807, 2.05) is 38.1 Å². The fourth-order valence-corrected chi connectivity index (χ4v) is 1.82. The predicted octanol–water partition coefficient (Wildman–Crippen LogP) is 2.68. The van der Waals surface area contributed by atoms with Crippen LogP contribution in [0.25, 0.3) is 10.8 Å². The van der Waals surface area contributed by atoms with E-state index in [2.05, 4.69) is 5.32 Å². The lowest BCUT2D eigenvalue weighted by molar-refractivity contribution is 0.0944. The summed E-state index contributed by atoms with van der Waals surface area (Å²) in [5.41, 5.74) is 0.509. The van der Waals surface area contributed by atoms with Crippen molar-refractivity contribution in [2.75, 3.05) is 0 Å². The van der Waals surface area contributed by atoms with Gasteiger partial charge in [-0.1, -0.05) is 24.3 Å². The molecule has 88 valence electrons. The van der Waals surface area contributed by atoms with Crippen LogP contribution >= 0.6 is 0 Å². The van der Waals surface area contributed by atoms with Gasteiger partial charge in [-0.25, -0.2) is 0 Å². The summed E-state index contributed by atoms with van der Waals surface area (Å²) >= 11 is 0. The summed E-state index contributed by atoms with van der Waals surface area (Å²) < 4.78 is 0. The summed E-state index contributed by atoms with van der Waals surface area (Å²) in [5, 5.41) is 14.2. The number of fused-ring (bicyclic) bond motifs is 1. The van der Waals surface area contributed by atoms with Crippen LogP contribution in [0.3, 0.4) is 0 Å². The molecule has 0 spiro atoms. The topological polar surface area (TPSA) is 49.3 Å². The number of hydrogen-bond donors (Lipinski definition) is 2. The highest BCUT2D eigenvalue weighted by Gasteiger charge is 2.12. The van der Waals surface area contributed by atoms with Gasteiger partial charge in [-0.05, 0) is 36.8 Å². The summed E-state index contributed by atoms with van der Waals surface area (Å²) in [5.74, 6) is -0.0512. The summed E-state index contributed by atoms with van der Waals surface area (Å²) in [6.45, 7) is 3.81. The van der Waals surface area contributed by atoms with Crippen molar-refractivity contribution in [2.45, 2.75) is 19.9 Å². The van der Waals surface area contributed by atoms with Gasteiger partial charge in [0.15, 0.2) is 0 Å². The average Bonchev–Trinajstić information content (AvgIpc) is 2.26. The quantitative estimate of drug-likeness (QED) is 0.831. The van der Waals surface area contributed by atoms with E-state index in [-0.39, 0.29) is 17.7 Å². The summed E-state index contributed by atoms with van der Waals surface area (Å²) in [4.78, 5) is 12.0. The molecule has 0 aliphatic carbocycles. The van der Waals surface area contributed by atoms with Gasteiger partial charge in [0.25, 0.3) is 5.91 Å². The molecule has 2 aromatic carbocycles. The number of rotatable bonds is 2. The monoisotopic (exact) mass is 229 g/mol. The Labute approximate surface area is 100 Å². The molecule has 0 aliphatic heterocycles. The van der Waals surface area contributed by atoms with Crippen molar-refractivity contribution in [3.63, 3.8) is 0 Å². The molecule has 0 radical (unpaired) electrons. The summed E-state index contributed by atoms with van der Waals surface area (Å²) in [7, 11) is 0. The first-order valence-corrected chi connectivity index (χ1v) is 5.60. The molecule has 0 unspecified atom stereocenters. The highest BCUT2D eigenvalue weighted by molar-refractivity contribution is 6.07. The van der Waals surface area contributed by atoms with Crippen molar-refractivity contribution in [3.05, 3.63) is 42.0 Å². The minimum absolute atomic E-state index is 0.0728. The largest absolute Gasteiger partial charge is 0.508 e. The maximum absolute atomic E-state index is 12.0. The van der Waals surface area contributed by atoms with Crippen LogP contribution in [0.2, 0.25) is 0 Å². The fourth-order valence-electron chi connectivity index (χ4n) is 1.82. The van der Waals surface area contributed by atoms with E-state index in [0.29, 0.717) is 5.56 Å². The van der Waals surface area contributed by atoms with Gasteiger partial charge in [0.2, 0.25) is 0 Å². The van der Waals surface area contributed by atoms with Crippen molar-refractivity contribution < 1.29 is 9.90 Å². The highest BCUT2D eigenvalue weighted by Crippen LogP contribution is 2.24. The second-order valence-corrected chi connectivity index (χ2v) is 4.34. The third kappa shape index (κ3) is 2.38. The fraction of sp³-hybridized carbons (Fsp3) is 0.214. The lowest BCUT2D eigenvalue weighted by atomic mass is 10.0. The molecule has 0 fully saturated rings. The van der Waals surface area contributed by atoms with Crippen LogP contribution < -0.4 is 5.32 Å². The highest BCUT2D eigenvalue weighted by atomic mass is 16.3. The van der Waals surface area contributed by atoms with Crippen LogP contribution in [0.4, 0.5) is 0 Å². The Balaban J connectivity index is 2.56. The number of amides is 1. The minimum atomic E-state index is -0.160. The van der Waals surface area contributed by atoms with Crippen LogP contribution in [0.15, 0.2) is 36.4 Å². The van der Waals surface area contributed by atoms with E-state index < -0.39 is 0 Å². The van der Waals surface area contributed by atoms with Gasteiger partial charge in [0.05, 0.1) is 5.56 Å². The molecule has 17 heavy (non-hydrogen) atoms. The molecule has 3 nitrogen and oxygen atoms in total. The number of carbonyl (C=O) groups excluding carboxylic acids is 1. The molecule has 2 aromatic rings. The maximum atomic E-state index is 12.0. The molecule has 0 saturated heterocycles. The number of benzene rings is 2. The molecule has 0 saturated carbocycles. The zero-order valence-electron chi connectivity index (χ0n) is 9.90. The van der Waals surface area contributed by atoms with Gasteiger partial charge in [-0.15, -0.1) is 0 Å². The maximum Gasteiger partial charge on any atom is 0.252 e. The van der Waals surface area contributed by atoms with Gasteiger partial charge < -0.3 is 10.4 Å². The standard InChI is InChI=1S/C14H15NO2/c1-9(2)15-14(17)13-8-11(16)7-10-5-3-4-6-12(10)13/h3-9,16H,1-2H3,(H,15,17). The van der Waals surface area contributed by atoms with E-state index in [1.54, 1.807) is 6.07 Å². The van der Waals surface area contributed by atoms with Crippen molar-refractivity contribution in [1.29, 1.82) is 0 Å².